The Kier molecular flexibility index (Phi) is 4.33. The number of benzene rings is 1. The first-order valence-corrected chi connectivity index (χ1v) is 8.03. The van der Waals surface area contributed by atoms with Gasteiger partial charge in [-0.05, 0) is 66.5 Å². The van der Waals surface area contributed by atoms with Crippen molar-refractivity contribution in [2.75, 3.05) is 0 Å². The zero-order valence-corrected chi connectivity index (χ0v) is 12.4. The van der Waals surface area contributed by atoms with Crippen LogP contribution in [0.4, 0.5) is 8.78 Å². The molecule has 1 aromatic carbocycles. The average Bonchev–Trinajstić information content (AvgIpc) is 2.96. The predicted molar refractivity (Wildman–Crippen MR) is 81.2 cm³/mol. The molecule has 1 aliphatic carbocycles. The number of hydrogen-bond donors (Lipinski definition) is 2. The summed E-state index contributed by atoms with van der Waals surface area (Å²) in [5, 5.41) is 2.10. The second-order valence-corrected chi connectivity index (χ2v) is 6.51. The molecule has 3 N–H and O–H groups in total. The van der Waals surface area contributed by atoms with E-state index in [0.717, 1.165) is 25.3 Å². The molecule has 1 aliphatic rings. The van der Waals surface area contributed by atoms with Crippen LogP contribution in [0.15, 0.2) is 29.6 Å². The Morgan fingerprint density at radius 3 is 3.00 bits per heavy atom. The third-order valence-electron chi connectivity index (χ3n) is 4.25. The molecule has 2 aromatic rings. The normalized spacial score (nSPS) is 19.3. The van der Waals surface area contributed by atoms with E-state index in [4.69, 9.17) is 5.84 Å². The molecule has 21 heavy (non-hydrogen) atoms. The SMILES string of the molecule is NNC(Cc1cc(F)ccc1F)C1CCCc2sccc21. The van der Waals surface area contributed by atoms with E-state index in [1.54, 1.807) is 11.3 Å². The summed E-state index contributed by atoms with van der Waals surface area (Å²) in [5.41, 5.74) is 4.50. The molecule has 0 saturated carbocycles. The second-order valence-electron chi connectivity index (χ2n) is 5.51. The second kappa shape index (κ2) is 6.22. The van der Waals surface area contributed by atoms with Gasteiger partial charge >= 0.3 is 0 Å². The van der Waals surface area contributed by atoms with Gasteiger partial charge in [0.05, 0.1) is 0 Å². The maximum absolute atomic E-state index is 13.8. The Morgan fingerprint density at radius 1 is 1.33 bits per heavy atom. The quantitative estimate of drug-likeness (QED) is 0.670. The topological polar surface area (TPSA) is 38.0 Å². The minimum Gasteiger partial charge on any atom is -0.271 e. The summed E-state index contributed by atoms with van der Waals surface area (Å²) in [5.74, 6) is 5.17. The van der Waals surface area contributed by atoms with Crippen molar-refractivity contribution in [2.45, 2.75) is 37.6 Å². The monoisotopic (exact) mass is 308 g/mol. The molecule has 1 aromatic heterocycles. The largest absolute Gasteiger partial charge is 0.271 e. The van der Waals surface area contributed by atoms with Crippen LogP contribution in [0.1, 0.15) is 34.8 Å². The van der Waals surface area contributed by atoms with Gasteiger partial charge in [0.2, 0.25) is 0 Å². The molecule has 0 spiro atoms. The van der Waals surface area contributed by atoms with Crippen LogP contribution in [-0.2, 0) is 12.8 Å². The van der Waals surface area contributed by atoms with Gasteiger partial charge in [0.1, 0.15) is 11.6 Å². The van der Waals surface area contributed by atoms with E-state index in [-0.39, 0.29) is 17.8 Å². The minimum atomic E-state index is -0.415. The van der Waals surface area contributed by atoms with Crippen molar-refractivity contribution in [3.8, 4) is 0 Å². The molecule has 112 valence electrons. The Labute approximate surface area is 127 Å². The Hall–Kier alpha value is -1.30. The van der Waals surface area contributed by atoms with Crippen molar-refractivity contribution in [2.24, 2.45) is 5.84 Å². The van der Waals surface area contributed by atoms with Gasteiger partial charge in [-0.15, -0.1) is 11.3 Å². The number of hydrazine groups is 1. The number of thiophene rings is 1. The standard InChI is InChI=1S/C16H18F2N2S/c17-11-4-5-14(18)10(8-11)9-15(20-19)12-2-1-3-16-13(12)6-7-21-16/h4-8,12,15,20H,1-3,9,19H2. The number of rotatable bonds is 4. The first-order chi connectivity index (χ1) is 10.2. The fourth-order valence-electron chi connectivity index (χ4n) is 3.19. The van der Waals surface area contributed by atoms with Gasteiger partial charge in [-0.25, -0.2) is 8.78 Å². The van der Waals surface area contributed by atoms with Crippen LogP contribution in [0.2, 0.25) is 0 Å². The highest BCUT2D eigenvalue weighted by Crippen LogP contribution is 2.37. The molecular weight excluding hydrogens is 290 g/mol. The van der Waals surface area contributed by atoms with Crippen molar-refractivity contribution < 1.29 is 8.78 Å². The lowest BCUT2D eigenvalue weighted by Crippen LogP contribution is -2.42. The number of nitrogens with one attached hydrogen (secondary N) is 1. The molecule has 1 heterocycles. The van der Waals surface area contributed by atoms with Gasteiger partial charge in [-0.2, -0.15) is 0 Å². The van der Waals surface area contributed by atoms with Crippen molar-refractivity contribution in [1.82, 2.24) is 5.43 Å². The van der Waals surface area contributed by atoms with Crippen LogP contribution < -0.4 is 11.3 Å². The molecule has 0 aliphatic heterocycles. The summed E-state index contributed by atoms with van der Waals surface area (Å²) in [6.07, 6.45) is 3.63. The highest BCUT2D eigenvalue weighted by Gasteiger charge is 2.28. The molecule has 2 nitrogen and oxygen atoms in total. The van der Waals surface area contributed by atoms with E-state index in [0.29, 0.717) is 12.0 Å². The van der Waals surface area contributed by atoms with Gasteiger partial charge in [-0.3, -0.25) is 11.3 Å². The van der Waals surface area contributed by atoms with Gasteiger partial charge in [0.15, 0.2) is 0 Å². The summed E-state index contributed by atoms with van der Waals surface area (Å²) in [4.78, 5) is 1.39. The molecule has 2 atom stereocenters. The number of aryl methyl sites for hydroxylation is 1. The van der Waals surface area contributed by atoms with Crippen LogP contribution >= 0.6 is 11.3 Å². The van der Waals surface area contributed by atoms with E-state index in [2.05, 4.69) is 16.9 Å². The van der Waals surface area contributed by atoms with Crippen molar-refractivity contribution >= 4 is 11.3 Å². The van der Waals surface area contributed by atoms with Gasteiger partial charge in [0, 0.05) is 16.8 Å². The lowest BCUT2D eigenvalue weighted by atomic mass is 9.80. The first-order valence-electron chi connectivity index (χ1n) is 7.15. The number of halogens is 2. The fourth-order valence-corrected chi connectivity index (χ4v) is 4.19. The van der Waals surface area contributed by atoms with E-state index in [9.17, 15) is 8.78 Å². The molecule has 0 fully saturated rings. The zero-order valence-electron chi connectivity index (χ0n) is 11.6. The van der Waals surface area contributed by atoms with E-state index >= 15 is 0 Å². The Balaban J connectivity index is 1.85. The third kappa shape index (κ3) is 3.00. The highest BCUT2D eigenvalue weighted by atomic mass is 32.1. The molecule has 5 heteroatoms. The number of nitrogens with two attached hydrogens (primary N) is 1. The van der Waals surface area contributed by atoms with E-state index in [1.807, 2.05) is 0 Å². The molecule has 3 rings (SSSR count). The molecule has 0 radical (unpaired) electrons. The Bertz CT molecular complexity index is 626. The zero-order chi connectivity index (χ0) is 14.8. The van der Waals surface area contributed by atoms with E-state index < -0.39 is 5.82 Å². The van der Waals surface area contributed by atoms with Gasteiger partial charge < -0.3 is 0 Å². The van der Waals surface area contributed by atoms with Crippen LogP contribution in [-0.4, -0.2) is 6.04 Å². The lowest BCUT2D eigenvalue weighted by molar-refractivity contribution is 0.392. The van der Waals surface area contributed by atoms with Crippen molar-refractivity contribution in [3.05, 3.63) is 57.3 Å². The van der Waals surface area contributed by atoms with E-state index in [1.165, 1.54) is 22.6 Å². The maximum Gasteiger partial charge on any atom is 0.126 e. The van der Waals surface area contributed by atoms with Crippen molar-refractivity contribution in [1.29, 1.82) is 0 Å². The van der Waals surface area contributed by atoms with Crippen molar-refractivity contribution in [3.63, 3.8) is 0 Å². The smallest absolute Gasteiger partial charge is 0.126 e. The molecule has 0 bridgehead atoms. The van der Waals surface area contributed by atoms with Gasteiger partial charge in [-0.1, -0.05) is 0 Å². The predicted octanol–water partition coefficient (Wildman–Crippen LogP) is 3.52. The summed E-state index contributed by atoms with van der Waals surface area (Å²) >= 11 is 1.77. The summed E-state index contributed by atoms with van der Waals surface area (Å²) in [6, 6.07) is 5.62. The highest BCUT2D eigenvalue weighted by molar-refractivity contribution is 7.10. The van der Waals surface area contributed by atoms with Crippen LogP contribution in [0.5, 0.6) is 0 Å². The Morgan fingerprint density at radius 2 is 2.19 bits per heavy atom. The lowest BCUT2D eigenvalue weighted by Gasteiger charge is -2.30. The maximum atomic E-state index is 13.8. The summed E-state index contributed by atoms with van der Waals surface area (Å²) in [7, 11) is 0. The van der Waals surface area contributed by atoms with Crippen LogP contribution in [0, 0.1) is 11.6 Å². The fraction of sp³-hybridized carbons (Fsp3) is 0.375. The third-order valence-corrected chi connectivity index (χ3v) is 5.24. The summed E-state index contributed by atoms with van der Waals surface area (Å²) < 4.78 is 27.2. The first kappa shape index (κ1) is 14.6. The summed E-state index contributed by atoms with van der Waals surface area (Å²) in [6.45, 7) is 0. The molecule has 0 saturated heterocycles. The average molecular weight is 308 g/mol. The molecule has 0 amide bonds. The molecule has 2 unspecified atom stereocenters. The van der Waals surface area contributed by atoms with Gasteiger partial charge in [0.25, 0.3) is 0 Å². The van der Waals surface area contributed by atoms with Crippen LogP contribution in [0.3, 0.4) is 0 Å². The number of fused-ring (bicyclic) bond motifs is 1. The molecular formula is C16H18F2N2S. The number of hydrogen-bond acceptors (Lipinski definition) is 3. The van der Waals surface area contributed by atoms with Crippen LogP contribution in [0.25, 0.3) is 0 Å². The minimum absolute atomic E-state index is 0.0880.